The van der Waals surface area contributed by atoms with Crippen molar-refractivity contribution in [3.05, 3.63) is 22.9 Å². The van der Waals surface area contributed by atoms with Crippen LogP contribution in [0.2, 0.25) is 0 Å². The smallest absolute Gasteiger partial charge is 0.261 e. The number of thioether (sulfide) groups is 1. The van der Waals surface area contributed by atoms with Crippen molar-refractivity contribution in [2.45, 2.75) is 5.16 Å². The molecular formula is C7H6N4OS. The first-order chi connectivity index (χ1) is 6.31. The summed E-state index contributed by atoms with van der Waals surface area (Å²) in [6.07, 6.45) is 4.69. The molecule has 2 rings (SSSR count). The van der Waals surface area contributed by atoms with Gasteiger partial charge in [0.1, 0.15) is 5.39 Å². The first-order valence-corrected chi connectivity index (χ1v) is 4.78. The predicted octanol–water partition coefficient (Wildman–Crippen LogP) is 0.435. The van der Waals surface area contributed by atoms with E-state index in [1.54, 1.807) is 0 Å². The number of nitrogens with zero attached hydrogens (tertiary/aromatic N) is 3. The molecule has 0 bridgehead atoms. The second kappa shape index (κ2) is 3.14. The molecule has 0 atom stereocenters. The molecule has 0 aliphatic carbocycles. The number of nitrogens with one attached hydrogen (secondary N) is 1. The summed E-state index contributed by atoms with van der Waals surface area (Å²) in [7, 11) is 0. The average Bonchev–Trinajstić information content (AvgIpc) is 2.18. The molecule has 2 heterocycles. The van der Waals surface area contributed by atoms with Gasteiger partial charge in [0.2, 0.25) is 0 Å². The van der Waals surface area contributed by atoms with Gasteiger partial charge >= 0.3 is 0 Å². The van der Waals surface area contributed by atoms with Crippen LogP contribution in [0.3, 0.4) is 0 Å². The maximum atomic E-state index is 11.2. The van der Waals surface area contributed by atoms with E-state index in [0.29, 0.717) is 16.2 Å². The largest absolute Gasteiger partial charge is 0.312 e. The Morgan fingerprint density at radius 1 is 1.46 bits per heavy atom. The van der Waals surface area contributed by atoms with Crippen molar-refractivity contribution in [1.29, 1.82) is 0 Å². The summed E-state index contributed by atoms with van der Waals surface area (Å²) in [6, 6.07) is 0. The second-order valence-electron chi connectivity index (χ2n) is 2.33. The van der Waals surface area contributed by atoms with E-state index in [9.17, 15) is 4.79 Å². The zero-order valence-electron chi connectivity index (χ0n) is 6.81. The number of fused-ring (bicyclic) bond motifs is 1. The summed E-state index contributed by atoms with van der Waals surface area (Å²) in [5.74, 6) is 0. The van der Waals surface area contributed by atoms with Crippen molar-refractivity contribution in [2.75, 3.05) is 6.26 Å². The molecule has 5 nitrogen and oxygen atoms in total. The highest BCUT2D eigenvalue weighted by molar-refractivity contribution is 7.98. The van der Waals surface area contributed by atoms with Crippen LogP contribution in [0.15, 0.2) is 22.5 Å². The lowest BCUT2D eigenvalue weighted by molar-refractivity contribution is 0.978. The molecule has 2 aromatic rings. The van der Waals surface area contributed by atoms with Crippen molar-refractivity contribution in [2.24, 2.45) is 0 Å². The van der Waals surface area contributed by atoms with Gasteiger partial charge in [0.25, 0.3) is 5.56 Å². The zero-order valence-corrected chi connectivity index (χ0v) is 7.63. The lowest BCUT2D eigenvalue weighted by Crippen LogP contribution is -2.07. The predicted molar refractivity (Wildman–Crippen MR) is 49.7 cm³/mol. The Bertz CT molecular complexity index is 495. The highest BCUT2D eigenvalue weighted by atomic mass is 32.2. The van der Waals surface area contributed by atoms with Crippen LogP contribution in [-0.4, -0.2) is 26.2 Å². The molecule has 0 saturated heterocycles. The molecule has 2 aromatic heterocycles. The van der Waals surface area contributed by atoms with Gasteiger partial charge in [-0.3, -0.25) is 4.79 Å². The highest BCUT2D eigenvalue weighted by Crippen LogP contribution is 2.09. The van der Waals surface area contributed by atoms with E-state index in [1.165, 1.54) is 24.3 Å². The van der Waals surface area contributed by atoms with E-state index < -0.39 is 0 Å². The summed E-state index contributed by atoms with van der Waals surface area (Å²) in [6.45, 7) is 0. The van der Waals surface area contributed by atoms with Gasteiger partial charge in [-0.1, -0.05) is 11.8 Å². The maximum Gasteiger partial charge on any atom is 0.261 e. The number of hydrogen-bond acceptors (Lipinski definition) is 5. The molecular weight excluding hydrogens is 188 g/mol. The van der Waals surface area contributed by atoms with Gasteiger partial charge in [-0.25, -0.2) is 15.0 Å². The number of H-pyrrole nitrogens is 1. The normalized spacial score (nSPS) is 10.5. The van der Waals surface area contributed by atoms with Gasteiger partial charge < -0.3 is 4.98 Å². The summed E-state index contributed by atoms with van der Waals surface area (Å²) in [5.41, 5.74) is 0.223. The Balaban J connectivity index is 2.80. The molecule has 0 aliphatic rings. The SMILES string of the molecule is CSc1ncc2c(=O)[nH]cnc2n1. The quantitative estimate of drug-likeness (QED) is 0.526. The van der Waals surface area contributed by atoms with Gasteiger partial charge in [0.05, 0.1) is 6.33 Å². The molecule has 66 valence electrons. The van der Waals surface area contributed by atoms with Crippen molar-refractivity contribution < 1.29 is 0 Å². The average molecular weight is 194 g/mol. The van der Waals surface area contributed by atoms with Gasteiger partial charge in [0, 0.05) is 6.20 Å². The van der Waals surface area contributed by atoms with Crippen LogP contribution in [-0.2, 0) is 0 Å². The monoisotopic (exact) mass is 194 g/mol. The molecule has 1 N–H and O–H groups in total. The van der Waals surface area contributed by atoms with Crippen LogP contribution in [0.25, 0.3) is 11.0 Å². The van der Waals surface area contributed by atoms with Crippen LogP contribution in [0.5, 0.6) is 0 Å². The van der Waals surface area contributed by atoms with E-state index in [2.05, 4.69) is 19.9 Å². The third-order valence-electron chi connectivity index (χ3n) is 1.56. The Kier molecular flexibility index (Phi) is 1.97. The minimum Gasteiger partial charge on any atom is -0.312 e. The fraction of sp³-hybridized carbons (Fsp3) is 0.143. The lowest BCUT2D eigenvalue weighted by Gasteiger charge is -1.95. The minimum absolute atomic E-state index is 0.211. The molecule has 0 unspecified atom stereocenters. The molecule has 13 heavy (non-hydrogen) atoms. The minimum atomic E-state index is -0.211. The molecule has 0 fully saturated rings. The maximum absolute atomic E-state index is 11.2. The summed E-state index contributed by atoms with van der Waals surface area (Å²) < 4.78 is 0. The molecule has 0 amide bonds. The van der Waals surface area contributed by atoms with Gasteiger partial charge in [0.15, 0.2) is 10.8 Å². The van der Waals surface area contributed by atoms with E-state index >= 15 is 0 Å². The molecule has 0 aliphatic heterocycles. The standard InChI is InChI=1S/C7H6N4OS/c1-13-7-8-2-4-5(11-7)9-3-10-6(4)12/h2-3H,1H3,(H,8,9,10,11,12). The summed E-state index contributed by atoms with van der Waals surface area (Å²) >= 11 is 1.42. The number of aromatic nitrogens is 4. The van der Waals surface area contributed by atoms with E-state index in [1.807, 2.05) is 6.26 Å². The Hall–Kier alpha value is -1.43. The van der Waals surface area contributed by atoms with Crippen LogP contribution >= 0.6 is 11.8 Å². The Morgan fingerprint density at radius 2 is 2.31 bits per heavy atom. The Morgan fingerprint density at radius 3 is 3.08 bits per heavy atom. The Labute approximate surface area is 77.6 Å². The number of hydrogen-bond donors (Lipinski definition) is 1. The van der Waals surface area contributed by atoms with E-state index in [0.717, 1.165) is 0 Å². The van der Waals surface area contributed by atoms with Crippen molar-refractivity contribution in [1.82, 2.24) is 19.9 Å². The molecule has 0 aromatic carbocycles. The van der Waals surface area contributed by atoms with Crippen molar-refractivity contribution >= 4 is 22.8 Å². The fourth-order valence-corrected chi connectivity index (χ4v) is 1.28. The van der Waals surface area contributed by atoms with Crippen LogP contribution in [0, 0.1) is 0 Å². The molecule has 6 heteroatoms. The van der Waals surface area contributed by atoms with Gasteiger partial charge in [-0.05, 0) is 6.26 Å². The number of rotatable bonds is 1. The molecule has 0 spiro atoms. The van der Waals surface area contributed by atoms with E-state index in [-0.39, 0.29) is 5.56 Å². The first-order valence-electron chi connectivity index (χ1n) is 3.55. The zero-order chi connectivity index (χ0) is 9.26. The fourth-order valence-electron chi connectivity index (χ4n) is 0.944. The first kappa shape index (κ1) is 8.18. The van der Waals surface area contributed by atoms with Crippen LogP contribution in [0.1, 0.15) is 0 Å². The third kappa shape index (κ3) is 1.40. The summed E-state index contributed by atoms with van der Waals surface area (Å²) in [5, 5.41) is 1.03. The third-order valence-corrected chi connectivity index (χ3v) is 2.12. The van der Waals surface area contributed by atoms with Crippen molar-refractivity contribution in [3.8, 4) is 0 Å². The number of aromatic amines is 1. The topological polar surface area (TPSA) is 71.5 Å². The van der Waals surface area contributed by atoms with Crippen molar-refractivity contribution in [3.63, 3.8) is 0 Å². The van der Waals surface area contributed by atoms with Crippen LogP contribution < -0.4 is 5.56 Å². The molecule has 0 saturated carbocycles. The van der Waals surface area contributed by atoms with E-state index in [4.69, 9.17) is 0 Å². The second-order valence-corrected chi connectivity index (χ2v) is 3.10. The van der Waals surface area contributed by atoms with Gasteiger partial charge in [-0.2, -0.15) is 0 Å². The van der Waals surface area contributed by atoms with Gasteiger partial charge in [-0.15, -0.1) is 0 Å². The highest BCUT2D eigenvalue weighted by Gasteiger charge is 2.01. The summed E-state index contributed by atoms with van der Waals surface area (Å²) in [4.78, 5) is 25.6. The lowest BCUT2D eigenvalue weighted by atomic mass is 10.4. The molecule has 0 radical (unpaired) electrons. The van der Waals surface area contributed by atoms with Crippen LogP contribution in [0.4, 0.5) is 0 Å².